The van der Waals surface area contributed by atoms with Gasteiger partial charge in [-0.3, -0.25) is 4.79 Å². The predicted octanol–water partition coefficient (Wildman–Crippen LogP) is 4.19. The Bertz CT molecular complexity index is 954. The molecule has 3 heterocycles. The van der Waals surface area contributed by atoms with Crippen molar-refractivity contribution in [3.63, 3.8) is 0 Å². The third-order valence-corrected chi connectivity index (χ3v) is 5.86. The summed E-state index contributed by atoms with van der Waals surface area (Å²) in [4.78, 5) is 14.4. The number of methoxy groups -OCH3 is 2. The molecule has 0 saturated carbocycles. The molecule has 2 aliphatic rings. The van der Waals surface area contributed by atoms with Crippen LogP contribution in [0.1, 0.15) is 53.8 Å². The van der Waals surface area contributed by atoms with Crippen molar-refractivity contribution < 1.29 is 27.4 Å². The third-order valence-electron chi connectivity index (χ3n) is 5.86. The van der Waals surface area contributed by atoms with Crippen molar-refractivity contribution in [1.82, 2.24) is 14.7 Å². The fraction of sp³-hybridized carbons (Fsp3) is 0.524. The van der Waals surface area contributed by atoms with Crippen LogP contribution in [0.3, 0.4) is 0 Å². The van der Waals surface area contributed by atoms with Gasteiger partial charge in [0.2, 0.25) is 0 Å². The van der Waals surface area contributed by atoms with E-state index in [4.69, 9.17) is 9.47 Å². The van der Waals surface area contributed by atoms with Crippen LogP contribution in [0, 0.1) is 0 Å². The lowest BCUT2D eigenvalue weighted by Crippen LogP contribution is -2.37. The fourth-order valence-electron chi connectivity index (χ4n) is 4.23. The average molecular weight is 438 g/mol. The van der Waals surface area contributed by atoms with E-state index in [0.29, 0.717) is 30.2 Å². The van der Waals surface area contributed by atoms with Crippen LogP contribution in [0.5, 0.6) is 11.5 Å². The zero-order chi connectivity index (χ0) is 22.2. The molecule has 1 amide bonds. The monoisotopic (exact) mass is 438 g/mol. The summed E-state index contributed by atoms with van der Waals surface area (Å²) in [7, 11) is 2.97. The summed E-state index contributed by atoms with van der Waals surface area (Å²) >= 11 is 0. The number of ether oxygens (including phenoxy) is 2. The lowest BCUT2D eigenvalue weighted by molar-refractivity contribution is -0.173. The van der Waals surface area contributed by atoms with Gasteiger partial charge in [0.25, 0.3) is 5.91 Å². The van der Waals surface area contributed by atoms with E-state index in [-0.39, 0.29) is 23.8 Å². The number of aromatic nitrogens is 2. The van der Waals surface area contributed by atoms with Crippen LogP contribution in [0.4, 0.5) is 19.0 Å². The summed E-state index contributed by atoms with van der Waals surface area (Å²) in [6.07, 6.45) is -1.93. The van der Waals surface area contributed by atoms with Gasteiger partial charge < -0.3 is 19.7 Å². The molecule has 7 nitrogen and oxygen atoms in total. The second kappa shape index (κ2) is 8.32. The number of benzene rings is 1. The summed E-state index contributed by atoms with van der Waals surface area (Å²) in [5.41, 5.74) is 0.662. The highest BCUT2D eigenvalue weighted by molar-refractivity contribution is 5.93. The molecule has 2 atom stereocenters. The molecular weight excluding hydrogens is 413 g/mol. The van der Waals surface area contributed by atoms with E-state index in [0.717, 1.165) is 23.9 Å². The Morgan fingerprint density at radius 2 is 1.81 bits per heavy atom. The van der Waals surface area contributed by atoms with E-state index >= 15 is 0 Å². The molecule has 0 spiro atoms. The standard InChI is InChI=1S/C21H25F3N4O3/c1-30-16-7-6-13(10-17(16)31-2)14-11-18(21(22,23)24)28-19(25-14)12-15(26-28)20(29)27-8-4-3-5-9-27/h6-7,10,12,14,18,25H,3-5,8-9,11H2,1-2H3/t14-,18-/m0/s1. The van der Waals surface area contributed by atoms with Gasteiger partial charge in [-0.2, -0.15) is 18.3 Å². The Morgan fingerprint density at radius 3 is 2.45 bits per heavy atom. The summed E-state index contributed by atoms with van der Waals surface area (Å²) in [5.74, 6) is 0.778. The quantitative estimate of drug-likeness (QED) is 0.776. The number of nitrogens with one attached hydrogen (secondary N) is 1. The summed E-state index contributed by atoms with van der Waals surface area (Å²) in [6, 6.07) is 3.98. The van der Waals surface area contributed by atoms with Crippen LogP contribution >= 0.6 is 0 Å². The number of fused-ring (bicyclic) bond motifs is 1. The molecule has 2 aliphatic heterocycles. The van der Waals surface area contributed by atoms with Crippen LogP contribution in [-0.4, -0.2) is 54.1 Å². The van der Waals surface area contributed by atoms with Gasteiger partial charge in [0, 0.05) is 25.6 Å². The van der Waals surface area contributed by atoms with Crippen LogP contribution in [0.2, 0.25) is 0 Å². The first kappa shape index (κ1) is 21.3. The van der Waals surface area contributed by atoms with Gasteiger partial charge in [0.05, 0.1) is 20.3 Å². The van der Waals surface area contributed by atoms with Crippen LogP contribution in [0.25, 0.3) is 0 Å². The predicted molar refractivity (Wildman–Crippen MR) is 108 cm³/mol. The SMILES string of the molecule is COc1ccc([C@@H]2C[C@@H](C(F)(F)F)n3nc(C(=O)N4CCCCC4)cc3N2)cc1OC. The van der Waals surface area contributed by atoms with E-state index < -0.39 is 18.3 Å². The van der Waals surface area contributed by atoms with Crippen molar-refractivity contribution in [2.24, 2.45) is 0 Å². The minimum Gasteiger partial charge on any atom is -0.493 e. The van der Waals surface area contributed by atoms with E-state index in [1.807, 2.05) is 0 Å². The number of anilines is 1. The van der Waals surface area contributed by atoms with Gasteiger partial charge in [-0.15, -0.1) is 0 Å². The molecule has 0 unspecified atom stereocenters. The van der Waals surface area contributed by atoms with Crippen molar-refractivity contribution in [3.05, 3.63) is 35.5 Å². The van der Waals surface area contributed by atoms with E-state index in [2.05, 4.69) is 10.4 Å². The highest BCUT2D eigenvalue weighted by atomic mass is 19.4. The lowest BCUT2D eigenvalue weighted by atomic mass is 9.96. The van der Waals surface area contributed by atoms with Gasteiger partial charge >= 0.3 is 6.18 Å². The molecule has 4 rings (SSSR count). The first-order valence-electron chi connectivity index (χ1n) is 10.3. The van der Waals surface area contributed by atoms with Gasteiger partial charge in [0.1, 0.15) is 5.82 Å². The Balaban J connectivity index is 1.66. The maximum Gasteiger partial charge on any atom is 0.410 e. The van der Waals surface area contributed by atoms with Crippen molar-refractivity contribution >= 4 is 11.7 Å². The number of carbonyl (C=O) groups is 1. The number of likely N-dealkylation sites (tertiary alicyclic amines) is 1. The number of rotatable bonds is 4. The Kier molecular flexibility index (Phi) is 5.72. The molecule has 1 aromatic carbocycles. The maximum atomic E-state index is 13.9. The number of amides is 1. The van der Waals surface area contributed by atoms with E-state index in [9.17, 15) is 18.0 Å². The Morgan fingerprint density at radius 1 is 1.10 bits per heavy atom. The number of piperidine rings is 1. The summed E-state index contributed by atoms with van der Waals surface area (Å²) in [5, 5.41) is 7.18. The lowest BCUT2D eigenvalue weighted by Gasteiger charge is -2.33. The third kappa shape index (κ3) is 4.15. The molecule has 0 bridgehead atoms. The van der Waals surface area contributed by atoms with Gasteiger partial charge in [-0.1, -0.05) is 6.07 Å². The number of nitrogens with zero attached hydrogens (tertiary/aromatic N) is 3. The molecule has 0 aliphatic carbocycles. The van der Waals surface area contributed by atoms with Crippen molar-refractivity contribution in [2.75, 3.05) is 32.6 Å². The average Bonchev–Trinajstić information content (AvgIpc) is 3.21. The highest BCUT2D eigenvalue weighted by Crippen LogP contribution is 2.44. The number of alkyl halides is 3. The molecule has 2 aromatic rings. The summed E-state index contributed by atoms with van der Waals surface area (Å²) in [6.45, 7) is 1.21. The minimum atomic E-state index is -4.51. The molecule has 1 fully saturated rings. The smallest absolute Gasteiger partial charge is 0.410 e. The maximum absolute atomic E-state index is 13.9. The van der Waals surface area contributed by atoms with Crippen LogP contribution in [0.15, 0.2) is 24.3 Å². The van der Waals surface area contributed by atoms with Crippen molar-refractivity contribution in [1.29, 1.82) is 0 Å². The second-order valence-electron chi connectivity index (χ2n) is 7.82. The molecule has 1 saturated heterocycles. The van der Waals surface area contributed by atoms with Crippen molar-refractivity contribution in [2.45, 2.75) is 43.9 Å². The van der Waals surface area contributed by atoms with E-state index in [1.54, 1.807) is 23.1 Å². The molecular formula is C21H25F3N4O3. The highest BCUT2D eigenvalue weighted by Gasteiger charge is 2.47. The fourth-order valence-corrected chi connectivity index (χ4v) is 4.23. The first-order chi connectivity index (χ1) is 14.8. The number of carbonyl (C=O) groups excluding carboxylic acids is 1. The molecule has 10 heteroatoms. The number of hydrogen-bond donors (Lipinski definition) is 1. The van der Waals surface area contributed by atoms with Gasteiger partial charge in [-0.05, 0) is 37.0 Å². The molecule has 31 heavy (non-hydrogen) atoms. The normalized spacial score (nSPS) is 21.3. The molecule has 1 N–H and O–H groups in total. The largest absolute Gasteiger partial charge is 0.493 e. The summed E-state index contributed by atoms with van der Waals surface area (Å²) < 4.78 is 53.1. The first-order valence-corrected chi connectivity index (χ1v) is 10.3. The van der Waals surface area contributed by atoms with Gasteiger partial charge in [-0.25, -0.2) is 4.68 Å². The zero-order valence-corrected chi connectivity index (χ0v) is 17.4. The van der Waals surface area contributed by atoms with Gasteiger partial charge in [0.15, 0.2) is 23.2 Å². The Hall–Kier alpha value is -2.91. The number of halogens is 3. The molecule has 168 valence electrons. The van der Waals surface area contributed by atoms with Crippen LogP contribution in [-0.2, 0) is 0 Å². The van der Waals surface area contributed by atoms with Crippen LogP contribution < -0.4 is 14.8 Å². The van der Waals surface area contributed by atoms with Crippen molar-refractivity contribution in [3.8, 4) is 11.5 Å². The topological polar surface area (TPSA) is 68.6 Å². The number of hydrogen-bond acceptors (Lipinski definition) is 5. The van der Waals surface area contributed by atoms with E-state index in [1.165, 1.54) is 20.3 Å². The molecule has 0 radical (unpaired) electrons. The second-order valence-corrected chi connectivity index (χ2v) is 7.82. The Labute approximate surface area is 178 Å². The molecule has 1 aromatic heterocycles. The zero-order valence-electron chi connectivity index (χ0n) is 17.4. The minimum absolute atomic E-state index is 0.0339.